The Balaban J connectivity index is 1.57. The minimum Gasteiger partial charge on any atom is -0.394 e. The van der Waals surface area contributed by atoms with E-state index in [9.17, 15) is 35.9 Å². The van der Waals surface area contributed by atoms with Gasteiger partial charge in [0, 0.05) is 12.1 Å². The monoisotopic (exact) mass is 609 g/mol. The van der Waals surface area contributed by atoms with Crippen molar-refractivity contribution in [3.8, 4) is 11.3 Å². The van der Waals surface area contributed by atoms with Gasteiger partial charge in [-0.2, -0.15) is 17.5 Å². The fourth-order valence-corrected chi connectivity index (χ4v) is 6.20. The molecule has 1 aliphatic heterocycles. The summed E-state index contributed by atoms with van der Waals surface area (Å²) in [5.41, 5.74) is 0.149. The third-order valence-corrected chi connectivity index (χ3v) is 8.90. The van der Waals surface area contributed by atoms with Gasteiger partial charge in [0.2, 0.25) is 21.9 Å². The number of alkyl halides is 3. The SMILES string of the molecule is CC(C)C(CO)Nc1nc(CNC(=O)C2CCCN2S(=O)(=O)c2ccc(F)cc2)cc(-c2ccc(C(F)(F)F)cc2)n1. The van der Waals surface area contributed by atoms with Crippen LogP contribution in [-0.2, 0) is 27.5 Å². The van der Waals surface area contributed by atoms with Crippen molar-refractivity contribution in [1.82, 2.24) is 19.6 Å². The van der Waals surface area contributed by atoms with Gasteiger partial charge in [0.25, 0.3) is 0 Å². The van der Waals surface area contributed by atoms with E-state index in [2.05, 4.69) is 20.6 Å². The minimum atomic E-state index is -4.50. The van der Waals surface area contributed by atoms with Gasteiger partial charge in [-0.05, 0) is 61.2 Å². The maximum Gasteiger partial charge on any atom is 0.416 e. The van der Waals surface area contributed by atoms with Crippen molar-refractivity contribution in [3.05, 3.63) is 71.7 Å². The molecule has 2 aromatic carbocycles. The molecule has 4 rings (SSSR count). The number of hydrogen-bond acceptors (Lipinski definition) is 7. The summed E-state index contributed by atoms with van der Waals surface area (Å²) in [5, 5.41) is 15.5. The zero-order valence-corrected chi connectivity index (χ0v) is 23.7. The Labute approximate surface area is 241 Å². The number of carbonyl (C=O) groups is 1. The maximum absolute atomic E-state index is 13.3. The van der Waals surface area contributed by atoms with Crippen LogP contribution in [0.15, 0.2) is 59.5 Å². The number of hydrogen-bond donors (Lipinski definition) is 3. The second-order valence-corrected chi connectivity index (χ2v) is 12.2. The van der Waals surface area contributed by atoms with Gasteiger partial charge >= 0.3 is 6.18 Å². The fourth-order valence-electron chi connectivity index (χ4n) is 4.55. The van der Waals surface area contributed by atoms with E-state index >= 15 is 0 Å². The van der Waals surface area contributed by atoms with Crippen molar-refractivity contribution in [3.63, 3.8) is 0 Å². The quantitative estimate of drug-likeness (QED) is 0.295. The van der Waals surface area contributed by atoms with Crippen LogP contribution in [0.3, 0.4) is 0 Å². The van der Waals surface area contributed by atoms with Crippen molar-refractivity contribution in [2.75, 3.05) is 18.5 Å². The number of nitrogens with zero attached hydrogens (tertiary/aromatic N) is 3. The highest BCUT2D eigenvalue weighted by atomic mass is 32.2. The Kier molecular flexibility index (Phi) is 9.48. The lowest BCUT2D eigenvalue weighted by molar-refractivity contribution is -0.137. The van der Waals surface area contributed by atoms with Crippen LogP contribution in [0.2, 0.25) is 0 Å². The first-order chi connectivity index (χ1) is 19.8. The van der Waals surface area contributed by atoms with Crippen LogP contribution >= 0.6 is 0 Å². The van der Waals surface area contributed by atoms with Crippen LogP contribution in [0.25, 0.3) is 11.3 Å². The van der Waals surface area contributed by atoms with Gasteiger partial charge in [0.15, 0.2) is 0 Å². The summed E-state index contributed by atoms with van der Waals surface area (Å²) < 4.78 is 79.9. The lowest BCUT2D eigenvalue weighted by Gasteiger charge is -2.23. The van der Waals surface area contributed by atoms with E-state index in [0.29, 0.717) is 17.7 Å². The largest absolute Gasteiger partial charge is 0.416 e. The maximum atomic E-state index is 13.3. The Hall–Kier alpha value is -3.62. The zero-order valence-electron chi connectivity index (χ0n) is 22.9. The highest BCUT2D eigenvalue weighted by Gasteiger charge is 2.39. The van der Waals surface area contributed by atoms with Gasteiger partial charge < -0.3 is 15.7 Å². The Bertz CT molecular complexity index is 1500. The molecule has 2 heterocycles. The molecule has 1 amide bonds. The molecular weight excluding hydrogens is 578 g/mol. The number of benzene rings is 2. The number of rotatable bonds is 10. The molecule has 1 aliphatic rings. The molecule has 0 bridgehead atoms. The molecule has 14 heteroatoms. The van der Waals surface area contributed by atoms with Crippen LogP contribution in [0.5, 0.6) is 0 Å². The highest BCUT2D eigenvalue weighted by molar-refractivity contribution is 7.89. The molecule has 2 unspecified atom stereocenters. The first-order valence-electron chi connectivity index (χ1n) is 13.3. The minimum absolute atomic E-state index is 0.00659. The molecule has 2 atom stereocenters. The number of nitrogens with one attached hydrogen (secondary N) is 2. The number of aliphatic hydroxyl groups is 1. The van der Waals surface area contributed by atoms with Crippen molar-refractivity contribution < 1.29 is 35.9 Å². The van der Waals surface area contributed by atoms with Crippen LogP contribution < -0.4 is 10.6 Å². The van der Waals surface area contributed by atoms with Crippen molar-refractivity contribution in [2.24, 2.45) is 5.92 Å². The van der Waals surface area contributed by atoms with Gasteiger partial charge in [0.1, 0.15) is 11.9 Å². The number of amides is 1. The Morgan fingerprint density at radius 2 is 1.76 bits per heavy atom. The third-order valence-electron chi connectivity index (χ3n) is 6.97. The van der Waals surface area contributed by atoms with Crippen LogP contribution in [0, 0.1) is 11.7 Å². The Morgan fingerprint density at radius 3 is 2.36 bits per heavy atom. The molecular formula is C28H31F4N5O4S. The number of carbonyl (C=O) groups excluding carboxylic acids is 1. The first-order valence-corrected chi connectivity index (χ1v) is 14.7. The average molecular weight is 610 g/mol. The third kappa shape index (κ3) is 7.23. The number of sulfonamides is 1. The second-order valence-electron chi connectivity index (χ2n) is 10.3. The van der Waals surface area contributed by atoms with Crippen LogP contribution in [-0.4, -0.2) is 58.9 Å². The molecule has 0 spiro atoms. The van der Waals surface area contributed by atoms with E-state index in [0.717, 1.165) is 40.7 Å². The average Bonchev–Trinajstić information content (AvgIpc) is 3.46. The summed E-state index contributed by atoms with van der Waals surface area (Å²) in [6.07, 6.45) is -3.77. The second kappa shape index (κ2) is 12.7. The van der Waals surface area contributed by atoms with E-state index in [1.54, 1.807) is 0 Å². The van der Waals surface area contributed by atoms with E-state index in [1.165, 1.54) is 18.2 Å². The summed E-state index contributed by atoms with van der Waals surface area (Å²) >= 11 is 0. The lowest BCUT2D eigenvalue weighted by Crippen LogP contribution is -2.45. The molecule has 3 aromatic rings. The number of aromatic nitrogens is 2. The van der Waals surface area contributed by atoms with Crippen molar-refractivity contribution >= 4 is 21.9 Å². The molecule has 9 nitrogen and oxygen atoms in total. The highest BCUT2D eigenvalue weighted by Crippen LogP contribution is 2.31. The van der Waals surface area contributed by atoms with Crippen molar-refractivity contribution in [2.45, 2.75) is 56.4 Å². The normalized spacial score (nSPS) is 16.9. The standard InChI is InChI=1S/C28H31F4N5O4S/c1-17(2)24(16-38)36-27-34-21(14-23(35-27)18-5-7-19(8-6-18)28(30,31)32)15-33-26(39)25-4-3-13-37(25)42(40,41)22-11-9-20(29)10-12-22/h5-12,14,17,24-25,38H,3-4,13,15-16H2,1-2H3,(H,33,39)(H,34,35,36). The van der Waals surface area contributed by atoms with Gasteiger partial charge in [0.05, 0.1) is 41.0 Å². The molecule has 1 saturated heterocycles. The van der Waals surface area contributed by atoms with E-state index in [4.69, 9.17) is 0 Å². The summed E-state index contributed by atoms with van der Waals surface area (Å²) in [6, 6.07) is 8.90. The molecule has 42 heavy (non-hydrogen) atoms. The molecule has 1 aromatic heterocycles. The van der Waals surface area contributed by atoms with E-state index in [1.807, 2.05) is 13.8 Å². The van der Waals surface area contributed by atoms with Gasteiger partial charge in [-0.1, -0.05) is 26.0 Å². The van der Waals surface area contributed by atoms with Crippen LogP contribution in [0.4, 0.5) is 23.5 Å². The topological polar surface area (TPSA) is 125 Å². The Morgan fingerprint density at radius 1 is 1.10 bits per heavy atom. The summed E-state index contributed by atoms with van der Waals surface area (Å²) in [7, 11) is -4.05. The molecule has 226 valence electrons. The molecule has 1 fully saturated rings. The number of anilines is 1. The molecule has 0 radical (unpaired) electrons. The van der Waals surface area contributed by atoms with Gasteiger partial charge in [-0.25, -0.2) is 22.8 Å². The predicted molar refractivity (Wildman–Crippen MR) is 147 cm³/mol. The summed E-state index contributed by atoms with van der Waals surface area (Å²) in [4.78, 5) is 21.9. The molecule has 0 saturated carbocycles. The first kappa shape index (κ1) is 31.3. The summed E-state index contributed by atoms with van der Waals surface area (Å²) in [5.74, 6) is -1.05. The van der Waals surface area contributed by atoms with E-state index in [-0.39, 0.29) is 48.6 Å². The number of halogens is 4. The zero-order chi connectivity index (χ0) is 30.7. The fraction of sp³-hybridized carbons (Fsp3) is 0.393. The predicted octanol–water partition coefficient (Wildman–Crippen LogP) is 4.20. The smallest absolute Gasteiger partial charge is 0.394 e. The van der Waals surface area contributed by atoms with E-state index < -0.39 is 45.6 Å². The van der Waals surface area contributed by atoms with Gasteiger partial charge in [-0.15, -0.1) is 0 Å². The van der Waals surface area contributed by atoms with Crippen molar-refractivity contribution in [1.29, 1.82) is 0 Å². The van der Waals surface area contributed by atoms with Gasteiger partial charge in [-0.3, -0.25) is 4.79 Å². The molecule has 3 N–H and O–H groups in total. The summed E-state index contributed by atoms with van der Waals surface area (Å²) in [6.45, 7) is 3.52. The molecule has 0 aliphatic carbocycles. The number of aliphatic hydroxyl groups excluding tert-OH is 1. The van der Waals surface area contributed by atoms with Crippen LogP contribution in [0.1, 0.15) is 37.9 Å². The lowest BCUT2D eigenvalue weighted by atomic mass is 10.1.